The normalized spacial score (nSPS) is 16.6. The summed E-state index contributed by atoms with van der Waals surface area (Å²) in [5.41, 5.74) is 0. The van der Waals surface area contributed by atoms with Gasteiger partial charge in [0.05, 0.1) is 6.10 Å². The quantitative estimate of drug-likeness (QED) is 0.421. The van der Waals surface area contributed by atoms with Crippen molar-refractivity contribution in [3.05, 3.63) is 0 Å². The van der Waals surface area contributed by atoms with E-state index < -0.39 is 8.32 Å². The molecule has 0 unspecified atom stereocenters. The smallest absolute Gasteiger partial charge is 0.191 e. The number of methoxy groups -OCH3 is 1. The summed E-state index contributed by atoms with van der Waals surface area (Å²) in [5, 5.41) is 9.05. The Morgan fingerprint density at radius 2 is 1.77 bits per heavy atom. The van der Waals surface area contributed by atoms with Crippen molar-refractivity contribution < 1.29 is 19.0 Å². The van der Waals surface area contributed by atoms with Crippen LogP contribution < -0.4 is 0 Å². The van der Waals surface area contributed by atoms with Gasteiger partial charge in [-0.2, -0.15) is 0 Å². The molecule has 130 valence electrons. The van der Waals surface area contributed by atoms with Crippen molar-refractivity contribution in [3.63, 3.8) is 0 Å². The van der Waals surface area contributed by atoms with Crippen LogP contribution in [0.25, 0.3) is 0 Å². The van der Waals surface area contributed by atoms with E-state index in [0.29, 0.717) is 6.61 Å². The fourth-order valence-corrected chi connectivity index (χ4v) is 3.00. The monoisotopic (exact) mass is 330 g/mol. The predicted molar refractivity (Wildman–Crippen MR) is 93.1 cm³/mol. The third kappa shape index (κ3) is 7.25. The lowest BCUT2D eigenvalue weighted by atomic mass is 9.94. The van der Waals surface area contributed by atoms with Crippen LogP contribution in [0.15, 0.2) is 0 Å². The van der Waals surface area contributed by atoms with Gasteiger partial charge in [0, 0.05) is 25.6 Å². The van der Waals surface area contributed by atoms with Crippen LogP contribution in [-0.4, -0.2) is 46.6 Å². The molecule has 0 aliphatic heterocycles. The summed E-state index contributed by atoms with van der Waals surface area (Å²) in [6.45, 7) is 16.1. The lowest BCUT2D eigenvalue weighted by Crippen LogP contribution is -2.43. The van der Waals surface area contributed by atoms with Crippen molar-refractivity contribution in [3.8, 4) is 11.8 Å². The molecule has 5 heteroatoms. The fraction of sp³-hybridized carbons (Fsp3) is 0.882. The maximum atomic E-state index is 8.85. The largest absolute Gasteiger partial charge is 0.416 e. The second-order valence-corrected chi connectivity index (χ2v) is 12.2. The van der Waals surface area contributed by atoms with Gasteiger partial charge in [-0.3, -0.25) is 0 Å². The molecule has 0 saturated heterocycles. The first kappa shape index (κ1) is 21.6. The Hall–Kier alpha value is -0.383. The topological polar surface area (TPSA) is 47.9 Å². The molecular weight excluding hydrogens is 296 g/mol. The van der Waals surface area contributed by atoms with E-state index in [0.717, 1.165) is 0 Å². The Balaban J connectivity index is 4.79. The molecule has 4 nitrogen and oxygen atoms in total. The Kier molecular flexibility index (Phi) is 9.52. The highest BCUT2D eigenvalue weighted by atomic mass is 28.4. The molecule has 0 saturated carbocycles. The van der Waals surface area contributed by atoms with Gasteiger partial charge in [0.25, 0.3) is 0 Å². The first-order valence-electron chi connectivity index (χ1n) is 7.90. The van der Waals surface area contributed by atoms with E-state index in [2.05, 4.69) is 52.6 Å². The highest BCUT2D eigenvalue weighted by Crippen LogP contribution is 2.37. The van der Waals surface area contributed by atoms with Crippen LogP contribution in [0, 0.1) is 23.7 Å². The highest BCUT2D eigenvalue weighted by Gasteiger charge is 2.38. The van der Waals surface area contributed by atoms with Crippen molar-refractivity contribution in [2.45, 2.75) is 58.9 Å². The van der Waals surface area contributed by atoms with Crippen LogP contribution in [0.4, 0.5) is 0 Å². The van der Waals surface area contributed by atoms with Gasteiger partial charge in [0.2, 0.25) is 0 Å². The minimum Gasteiger partial charge on any atom is -0.416 e. The number of hydrogen-bond acceptors (Lipinski definition) is 4. The molecule has 0 amide bonds. The molecule has 0 aromatic rings. The Labute approximate surface area is 137 Å². The maximum absolute atomic E-state index is 8.85. The van der Waals surface area contributed by atoms with Crippen LogP contribution in [-0.2, 0) is 13.9 Å². The van der Waals surface area contributed by atoms with E-state index in [1.165, 1.54) is 0 Å². The van der Waals surface area contributed by atoms with E-state index in [-0.39, 0.29) is 36.4 Å². The fourth-order valence-electron chi connectivity index (χ4n) is 1.89. The standard InChI is InChI=1S/C17H34O4Si/c1-14(10-9-11-18)16(20-13-19-6)15(2)12-21-22(7,8)17(3,4)5/h14-16,18H,11-13H2,1-8H3/t14-,15-,16-/m1/s1. The summed E-state index contributed by atoms with van der Waals surface area (Å²) in [5.74, 6) is 5.95. The van der Waals surface area contributed by atoms with Crippen molar-refractivity contribution in [1.29, 1.82) is 0 Å². The number of ether oxygens (including phenoxy) is 2. The minimum atomic E-state index is -1.77. The van der Waals surface area contributed by atoms with Crippen molar-refractivity contribution in [1.82, 2.24) is 0 Å². The van der Waals surface area contributed by atoms with Crippen LogP contribution in [0.3, 0.4) is 0 Å². The van der Waals surface area contributed by atoms with E-state index in [1.54, 1.807) is 7.11 Å². The van der Waals surface area contributed by atoms with Crippen LogP contribution >= 0.6 is 0 Å². The van der Waals surface area contributed by atoms with Crippen molar-refractivity contribution >= 4 is 8.32 Å². The van der Waals surface area contributed by atoms with Gasteiger partial charge in [-0.1, -0.05) is 39.5 Å². The number of aliphatic hydroxyl groups excluding tert-OH is 1. The third-order valence-electron chi connectivity index (χ3n) is 4.35. The Morgan fingerprint density at radius 3 is 2.23 bits per heavy atom. The SMILES string of the molecule is COCO[C@H]([C@H](C)C#CCO)[C@H](C)CO[Si](C)(C)C(C)(C)C. The van der Waals surface area contributed by atoms with Gasteiger partial charge >= 0.3 is 0 Å². The molecule has 0 aliphatic carbocycles. The van der Waals surface area contributed by atoms with Gasteiger partial charge in [-0.05, 0) is 25.1 Å². The minimum absolute atomic E-state index is 0.0142. The number of hydrogen-bond donors (Lipinski definition) is 1. The molecule has 22 heavy (non-hydrogen) atoms. The molecule has 0 radical (unpaired) electrons. The summed E-state index contributed by atoms with van der Waals surface area (Å²) in [6, 6.07) is 0. The summed E-state index contributed by atoms with van der Waals surface area (Å²) < 4.78 is 17.1. The van der Waals surface area contributed by atoms with Gasteiger partial charge in [-0.15, -0.1) is 0 Å². The lowest BCUT2D eigenvalue weighted by molar-refractivity contribution is -0.105. The average molecular weight is 331 g/mol. The first-order chi connectivity index (χ1) is 10.1. The molecule has 0 aromatic heterocycles. The van der Waals surface area contributed by atoms with Crippen LogP contribution in [0.2, 0.25) is 18.1 Å². The summed E-state index contributed by atoms with van der Waals surface area (Å²) in [7, 11) is -0.159. The maximum Gasteiger partial charge on any atom is 0.191 e. The average Bonchev–Trinajstić information content (AvgIpc) is 2.42. The lowest BCUT2D eigenvalue weighted by Gasteiger charge is -2.38. The molecule has 0 aliphatic rings. The number of aliphatic hydroxyl groups is 1. The molecular formula is C17H34O4Si. The molecule has 0 aromatic carbocycles. The second-order valence-electron chi connectivity index (χ2n) is 7.35. The third-order valence-corrected chi connectivity index (χ3v) is 8.85. The molecule has 1 N–H and O–H groups in total. The second kappa shape index (κ2) is 9.69. The number of rotatable bonds is 8. The zero-order chi connectivity index (χ0) is 17.4. The molecule has 0 spiro atoms. The Bertz CT molecular complexity index is 365. The summed E-state index contributed by atoms with van der Waals surface area (Å²) in [6.07, 6.45) is -0.0798. The van der Waals surface area contributed by atoms with E-state index >= 15 is 0 Å². The van der Waals surface area contributed by atoms with Crippen LogP contribution in [0.5, 0.6) is 0 Å². The van der Waals surface area contributed by atoms with Crippen molar-refractivity contribution in [2.24, 2.45) is 11.8 Å². The molecule has 0 heterocycles. The zero-order valence-corrected chi connectivity index (χ0v) is 16.5. The van der Waals surface area contributed by atoms with Crippen molar-refractivity contribution in [2.75, 3.05) is 27.1 Å². The first-order valence-corrected chi connectivity index (χ1v) is 10.8. The van der Waals surface area contributed by atoms with E-state index in [4.69, 9.17) is 19.0 Å². The molecule has 3 atom stereocenters. The Morgan fingerprint density at radius 1 is 1.18 bits per heavy atom. The van der Waals surface area contributed by atoms with Gasteiger partial charge < -0.3 is 19.0 Å². The van der Waals surface area contributed by atoms with E-state index in [9.17, 15) is 0 Å². The predicted octanol–water partition coefficient (Wildman–Crippen LogP) is 3.27. The molecule has 0 fully saturated rings. The zero-order valence-electron chi connectivity index (χ0n) is 15.5. The van der Waals surface area contributed by atoms with Gasteiger partial charge in [0.15, 0.2) is 8.32 Å². The van der Waals surface area contributed by atoms with Gasteiger partial charge in [-0.25, -0.2) is 0 Å². The van der Waals surface area contributed by atoms with E-state index in [1.807, 2.05) is 6.92 Å². The summed E-state index contributed by atoms with van der Waals surface area (Å²) >= 11 is 0. The van der Waals surface area contributed by atoms with Crippen LogP contribution in [0.1, 0.15) is 34.6 Å². The molecule has 0 rings (SSSR count). The molecule has 0 bridgehead atoms. The highest BCUT2D eigenvalue weighted by molar-refractivity contribution is 6.74. The summed E-state index contributed by atoms with van der Waals surface area (Å²) in [4.78, 5) is 0. The van der Waals surface area contributed by atoms with Gasteiger partial charge in [0.1, 0.15) is 13.4 Å².